The van der Waals surface area contributed by atoms with Crippen LogP contribution < -0.4 is 0 Å². The van der Waals surface area contributed by atoms with Crippen molar-refractivity contribution in [2.24, 2.45) is 5.41 Å². The second-order valence-corrected chi connectivity index (χ2v) is 11.9. The maximum absolute atomic E-state index is 13.8. The van der Waals surface area contributed by atoms with Crippen molar-refractivity contribution in [1.29, 1.82) is 0 Å². The number of carbonyl (C=O) groups is 4. The maximum Gasteiger partial charge on any atom is 0.339 e. The van der Waals surface area contributed by atoms with Gasteiger partial charge in [-0.3, -0.25) is 14.5 Å². The standard InChI is InChI=1S/C27H27NO9S/c1-27(2,3)21(29)19-18(15-36-24(31)16-11-7-5-8-12-16)26(37-25(32)17-13-9-6-10-14-17)38(33,34)23-20(35-4)22(30)28(19)23/h5-14,20,23,26H,15H2,1-4H3/t20-,23?,26-/m0/s1. The number of rotatable bonds is 7. The minimum absolute atomic E-state index is 0.0717. The molecule has 0 aliphatic carbocycles. The highest BCUT2D eigenvalue weighted by atomic mass is 32.2. The third-order valence-electron chi connectivity index (χ3n) is 6.20. The van der Waals surface area contributed by atoms with Crippen molar-refractivity contribution in [3.63, 3.8) is 0 Å². The van der Waals surface area contributed by atoms with Gasteiger partial charge in [-0.25, -0.2) is 18.0 Å². The number of ether oxygens (including phenoxy) is 3. The molecular weight excluding hydrogens is 514 g/mol. The number of methoxy groups -OCH3 is 1. The van der Waals surface area contributed by atoms with Gasteiger partial charge in [0.05, 0.1) is 22.4 Å². The number of allylic oxidation sites excluding steroid dienone is 1. The van der Waals surface area contributed by atoms with Crippen LogP contribution >= 0.6 is 0 Å². The highest BCUT2D eigenvalue weighted by molar-refractivity contribution is 7.93. The molecule has 0 saturated carbocycles. The first-order valence-corrected chi connectivity index (χ1v) is 13.3. The van der Waals surface area contributed by atoms with Gasteiger partial charge in [0.25, 0.3) is 5.91 Å². The predicted molar refractivity (Wildman–Crippen MR) is 134 cm³/mol. The minimum atomic E-state index is -4.50. The number of esters is 2. The maximum atomic E-state index is 13.8. The van der Waals surface area contributed by atoms with Crippen LogP contribution in [-0.4, -0.2) is 67.6 Å². The van der Waals surface area contributed by atoms with Crippen LogP contribution in [0.4, 0.5) is 0 Å². The number of fused-ring (bicyclic) bond motifs is 1. The van der Waals surface area contributed by atoms with Crippen LogP contribution in [0.25, 0.3) is 0 Å². The Bertz CT molecular complexity index is 1410. The Morgan fingerprint density at radius 1 is 0.895 bits per heavy atom. The van der Waals surface area contributed by atoms with Gasteiger partial charge in [-0.05, 0) is 24.3 Å². The van der Waals surface area contributed by atoms with Crippen LogP contribution in [0.2, 0.25) is 0 Å². The summed E-state index contributed by atoms with van der Waals surface area (Å²) in [4.78, 5) is 53.1. The number of β-lactam (4-membered cyclic amide) rings is 1. The molecule has 2 aromatic carbocycles. The van der Waals surface area contributed by atoms with E-state index in [0.717, 1.165) is 4.90 Å². The molecule has 1 unspecified atom stereocenters. The third-order valence-corrected chi connectivity index (χ3v) is 8.31. The van der Waals surface area contributed by atoms with Crippen LogP contribution in [0.5, 0.6) is 0 Å². The summed E-state index contributed by atoms with van der Waals surface area (Å²) in [5.41, 5.74) is -3.43. The first-order chi connectivity index (χ1) is 17.9. The lowest BCUT2D eigenvalue weighted by Gasteiger charge is -2.51. The van der Waals surface area contributed by atoms with Gasteiger partial charge in [-0.15, -0.1) is 0 Å². The van der Waals surface area contributed by atoms with Crippen molar-refractivity contribution in [1.82, 2.24) is 4.90 Å². The smallest absolute Gasteiger partial charge is 0.339 e. The summed E-state index contributed by atoms with van der Waals surface area (Å²) in [6, 6.07) is 15.6. The van der Waals surface area contributed by atoms with E-state index < -0.39 is 62.4 Å². The molecule has 38 heavy (non-hydrogen) atoms. The SMILES string of the molecule is CO[C@H]1C(=O)N2C(C(=O)C(C)(C)C)=C(COC(=O)c3ccccc3)[C@@H](OC(=O)c3ccccc3)S(=O)(=O)C12. The van der Waals surface area contributed by atoms with E-state index in [4.69, 9.17) is 14.2 Å². The van der Waals surface area contributed by atoms with E-state index >= 15 is 0 Å². The Kier molecular flexibility index (Phi) is 7.26. The van der Waals surface area contributed by atoms with Crippen molar-refractivity contribution in [2.75, 3.05) is 13.7 Å². The van der Waals surface area contributed by atoms with Crippen LogP contribution in [-0.2, 0) is 33.6 Å². The van der Waals surface area contributed by atoms with Gasteiger partial charge >= 0.3 is 11.9 Å². The molecule has 2 aromatic rings. The molecule has 1 amide bonds. The Morgan fingerprint density at radius 3 is 1.92 bits per heavy atom. The van der Waals surface area contributed by atoms with Gasteiger partial charge in [0.15, 0.2) is 17.3 Å². The Hall–Kier alpha value is -3.83. The first kappa shape index (κ1) is 27.2. The molecule has 0 spiro atoms. The number of carbonyl (C=O) groups excluding carboxylic acids is 4. The molecule has 200 valence electrons. The summed E-state index contributed by atoms with van der Waals surface area (Å²) in [6.07, 6.45) is -1.39. The molecule has 2 heterocycles. The number of hydrogen-bond acceptors (Lipinski definition) is 9. The average molecular weight is 542 g/mol. The number of hydrogen-bond donors (Lipinski definition) is 0. The fraction of sp³-hybridized carbons (Fsp3) is 0.333. The predicted octanol–water partition coefficient (Wildman–Crippen LogP) is 2.51. The molecule has 4 rings (SSSR count). The largest absolute Gasteiger partial charge is 0.457 e. The van der Waals surface area contributed by atoms with Crippen molar-refractivity contribution in [3.8, 4) is 0 Å². The van der Waals surface area contributed by atoms with E-state index in [2.05, 4.69) is 0 Å². The Balaban J connectivity index is 1.85. The Morgan fingerprint density at radius 2 is 1.42 bits per heavy atom. The zero-order valence-corrected chi connectivity index (χ0v) is 22.1. The molecule has 0 aromatic heterocycles. The van der Waals surface area contributed by atoms with Crippen molar-refractivity contribution in [3.05, 3.63) is 83.1 Å². The van der Waals surface area contributed by atoms with Crippen molar-refractivity contribution >= 4 is 33.5 Å². The van der Waals surface area contributed by atoms with Gasteiger partial charge in [0.2, 0.25) is 15.3 Å². The first-order valence-electron chi connectivity index (χ1n) is 11.7. The summed E-state index contributed by atoms with van der Waals surface area (Å²) >= 11 is 0. The molecule has 2 aliphatic heterocycles. The lowest BCUT2D eigenvalue weighted by Crippen LogP contribution is -2.72. The average Bonchev–Trinajstić information content (AvgIpc) is 2.89. The van der Waals surface area contributed by atoms with Gasteiger partial charge in [-0.1, -0.05) is 57.2 Å². The quantitative estimate of drug-likeness (QED) is 0.383. The Labute approximate surface area is 220 Å². The molecule has 2 aliphatic rings. The minimum Gasteiger partial charge on any atom is -0.457 e. The highest BCUT2D eigenvalue weighted by Crippen LogP contribution is 2.44. The number of nitrogens with zero attached hydrogens (tertiary/aromatic N) is 1. The number of sulfone groups is 1. The molecule has 0 N–H and O–H groups in total. The molecule has 1 fully saturated rings. The molecule has 3 atom stereocenters. The summed E-state index contributed by atoms with van der Waals surface area (Å²) in [5, 5.41) is -1.59. The van der Waals surface area contributed by atoms with Gasteiger partial charge in [0, 0.05) is 12.5 Å². The summed E-state index contributed by atoms with van der Waals surface area (Å²) in [7, 11) is -3.33. The van der Waals surface area contributed by atoms with E-state index in [1.54, 1.807) is 57.2 Å². The van der Waals surface area contributed by atoms with Gasteiger partial charge < -0.3 is 14.2 Å². The number of benzene rings is 2. The fourth-order valence-corrected chi connectivity index (χ4v) is 6.35. The normalized spacial score (nSPS) is 22.3. The lowest BCUT2D eigenvalue weighted by atomic mass is 9.85. The molecule has 10 nitrogen and oxygen atoms in total. The van der Waals surface area contributed by atoms with E-state index in [1.165, 1.54) is 31.4 Å². The van der Waals surface area contributed by atoms with Crippen LogP contribution in [0.1, 0.15) is 41.5 Å². The van der Waals surface area contributed by atoms with Crippen molar-refractivity contribution in [2.45, 2.75) is 37.7 Å². The highest BCUT2D eigenvalue weighted by Gasteiger charge is 2.65. The third kappa shape index (κ3) is 4.74. The molecule has 0 radical (unpaired) electrons. The molecule has 0 bridgehead atoms. The van der Waals surface area contributed by atoms with E-state index in [9.17, 15) is 27.6 Å². The van der Waals surface area contributed by atoms with E-state index in [0.29, 0.717) is 0 Å². The van der Waals surface area contributed by atoms with Crippen LogP contribution in [0, 0.1) is 5.41 Å². The summed E-state index contributed by atoms with van der Waals surface area (Å²) < 4.78 is 43.5. The van der Waals surface area contributed by atoms with E-state index in [1.807, 2.05) is 0 Å². The lowest BCUT2D eigenvalue weighted by molar-refractivity contribution is -0.161. The van der Waals surface area contributed by atoms with Crippen LogP contribution in [0.15, 0.2) is 71.9 Å². The topological polar surface area (TPSA) is 133 Å². The zero-order valence-electron chi connectivity index (χ0n) is 21.2. The van der Waals surface area contributed by atoms with Gasteiger partial charge in [-0.2, -0.15) is 0 Å². The monoisotopic (exact) mass is 541 g/mol. The van der Waals surface area contributed by atoms with E-state index in [-0.39, 0.29) is 22.4 Å². The van der Waals surface area contributed by atoms with Gasteiger partial charge in [0.1, 0.15) is 6.61 Å². The number of Topliss-reactive ketones (excluding diaryl/α,β-unsaturated/α-hetero) is 1. The number of amides is 1. The fourth-order valence-electron chi connectivity index (χ4n) is 4.23. The zero-order chi connectivity index (χ0) is 27.8. The molecular formula is C27H27NO9S. The second kappa shape index (κ2) is 10.1. The molecule has 1 saturated heterocycles. The second-order valence-electron chi connectivity index (χ2n) is 9.84. The number of ketones is 1. The van der Waals surface area contributed by atoms with Crippen LogP contribution in [0.3, 0.4) is 0 Å². The molecule has 11 heteroatoms. The summed E-state index contributed by atoms with van der Waals surface area (Å²) in [5.74, 6) is -3.10. The summed E-state index contributed by atoms with van der Waals surface area (Å²) in [6.45, 7) is 4.07. The van der Waals surface area contributed by atoms with Crippen molar-refractivity contribution < 1.29 is 41.8 Å².